The van der Waals surface area contributed by atoms with Gasteiger partial charge in [-0.1, -0.05) is 19.1 Å². The molecule has 3 heterocycles. The van der Waals surface area contributed by atoms with E-state index < -0.39 is 0 Å². The van der Waals surface area contributed by atoms with Crippen molar-refractivity contribution >= 4 is 28.0 Å². The molecule has 2 aliphatic heterocycles. The van der Waals surface area contributed by atoms with E-state index >= 15 is 0 Å². The maximum absolute atomic E-state index is 13.1. The molecule has 1 aromatic heterocycles. The van der Waals surface area contributed by atoms with Gasteiger partial charge in [-0.05, 0) is 65.5 Å². The number of methoxy groups -OCH3 is 1. The smallest absolute Gasteiger partial charge is 0.414 e. The second-order valence-corrected chi connectivity index (χ2v) is 9.85. The summed E-state index contributed by atoms with van der Waals surface area (Å²) in [4.78, 5) is 28.4. The molecule has 194 valence electrons. The summed E-state index contributed by atoms with van der Waals surface area (Å²) < 4.78 is 11.9. The highest BCUT2D eigenvalue weighted by molar-refractivity contribution is 9.10. The number of rotatable bonds is 7. The summed E-state index contributed by atoms with van der Waals surface area (Å²) in [6.45, 7) is 4.68. The van der Waals surface area contributed by atoms with Gasteiger partial charge in [0.05, 0.1) is 41.9 Å². The number of allylic oxidation sites excluding steroid dienone is 2. The highest BCUT2D eigenvalue weighted by Gasteiger charge is 2.48. The molecule has 3 atom stereocenters. The summed E-state index contributed by atoms with van der Waals surface area (Å²) in [7, 11) is 3.60. The van der Waals surface area contributed by atoms with E-state index in [-0.39, 0.29) is 24.2 Å². The number of carbonyl (C=O) groups is 1. The van der Waals surface area contributed by atoms with E-state index in [4.69, 9.17) is 9.47 Å². The van der Waals surface area contributed by atoms with Crippen LogP contribution in [-0.2, 0) is 16.0 Å². The molecule has 1 saturated heterocycles. The Morgan fingerprint density at radius 3 is 2.68 bits per heavy atom. The van der Waals surface area contributed by atoms with Gasteiger partial charge in [0.1, 0.15) is 0 Å². The number of nitrogens with zero attached hydrogens (tertiary/aromatic N) is 6. The van der Waals surface area contributed by atoms with Crippen molar-refractivity contribution in [3.05, 3.63) is 76.0 Å². The van der Waals surface area contributed by atoms with Crippen molar-refractivity contribution in [2.75, 3.05) is 25.7 Å². The fourth-order valence-corrected chi connectivity index (χ4v) is 5.35. The molecule has 1 fully saturated rings. The number of amides is 1. The fraction of sp³-hybridized carbons (Fsp3) is 0.407. The number of piperidine rings is 1. The third kappa shape index (κ3) is 5.42. The Kier molecular flexibility index (Phi) is 8.34. The van der Waals surface area contributed by atoms with Crippen LogP contribution in [0.4, 0.5) is 10.7 Å². The number of fused-ring (bicyclic) bond motifs is 1. The van der Waals surface area contributed by atoms with E-state index in [1.807, 2.05) is 44.3 Å². The van der Waals surface area contributed by atoms with Gasteiger partial charge in [0.15, 0.2) is 5.88 Å². The van der Waals surface area contributed by atoms with Gasteiger partial charge in [0, 0.05) is 37.7 Å². The minimum absolute atomic E-state index is 0.0826. The van der Waals surface area contributed by atoms with E-state index in [2.05, 4.69) is 48.7 Å². The van der Waals surface area contributed by atoms with Crippen molar-refractivity contribution in [1.82, 2.24) is 19.8 Å². The standard InChI is InChI=1S/C27H31BrN6O3/c1-5-21-13-23(25-22(34(21)27(35)37-6-2)10-11-24(36-4)32(25)3)33(26-30-15-20(28)16-31-26)17-19-9-7-8-18(12-19)14-29/h7-12,15-16,21,23,25H,5-6,13,17H2,1-4H3/t21-,23+,25?/m1/s1. The van der Waals surface area contributed by atoms with Gasteiger partial charge in [0.25, 0.3) is 0 Å². The summed E-state index contributed by atoms with van der Waals surface area (Å²) in [6.07, 6.45) is 8.36. The quantitative estimate of drug-likeness (QED) is 0.471. The second kappa shape index (κ2) is 11.6. The molecule has 10 heteroatoms. The Morgan fingerprint density at radius 2 is 2.03 bits per heavy atom. The largest absolute Gasteiger partial charge is 0.482 e. The van der Waals surface area contributed by atoms with Crippen LogP contribution in [0, 0.1) is 11.3 Å². The highest BCUT2D eigenvalue weighted by atomic mass is 79.9. The van der Waals surface area contributed by atoms with Crippen LogP contribution in [0.3, 0.4) is 0 Å². The van der Waals surface area contributed by atoms with Crippen LogP contribution in [0.1, 0.15) is 37.8 Å². The first kappa shape index (κ1) is 26.5. The number of halogens is 1. The zero-order valence-electron chi connectivity index (χ0n) is 21.5. The number of carbonyl (C=O) groups excluding carboxylic acids is 1. The third-order valence-corrected chi connectivity index (χ3v) is 7.21. The monoisotopic (exact) mass is 566 g/mol. The van der Waals surface area contributed by atoms with Crippen LogP contribution in [0.25, 0.3) is 0 Å². The van der Waals surface area contributed by atoms with Crippen molar-refractivity contribution in [2.24, 2.45) is 0 Å². The minimum Gasteiger partial charge on any atom is -0.482 e. The van der Waals surface area contributed by atoms with Gasteiger partial charge in [-0.25, -0.2) is 14.8 Å². The first-order valence-corrected chi connectivity index (χ1v) is 13.1. The normalized spacial score (nSPS) is 20.8. The van der Waals surface area contributed by atoms with Crippen molar-refractivity contribution < 1.29 is 14.3 Å². The van der Waals surface area contributed by atoms with Gasteiger partial charge in [-0.2, -0.15) is 5.26 Å². The van der Waals surface area contributed by atoms with E-state index in [0.29, 0.717) is 37.0 Å². The number of ether oxygens (including phenoxy) is 2. The molecule has 2 aromatic rings. The highest BCUT2D eigenvalue weighted by Crippen LogP contribution is 2.39. The lowest BCUT2D eigenvalue weighted by Crippen LogP contribution is -2.63. The zero-order chi connectivity index (χ0) is 26.5. The Morgan fingerprint density at radius 1 is 1.27 bits per heavy atom. The van der Waals surface area contributed by atoms with Crippen LogP contribution < -0.4 is 4.90 Å². The number of aromatic nitrogens is 2. The number of hydrogen-bond acceptors (Lipinski definition) is 8. The van der Waals surface area contributed by atoms with Crippen LogP contribution >= 0.6 is 15.9 Å². The fourth-order valence-electron chi connectivity index (χ4n) is 5.14. The summed E-state index contributed by atoms with van der Waals surface area (Å²) in [5, 5.41) is 9.45. The predicted molar refractivity (Wildman–Crippen MR) is 143 cm³/mol. The van der Waals surface area contributed by atoms with E-state index in [1.165, 1.54) is 0 Å². The SMILES string of the molecule is CCOC(=O)N1C2=CC=C(OC)N(C)C2[C@@H](N(Cc2cccc(C#N)c2)c2ncc(Br)cn2)C[C@H]1CC. The Hall–Kier alpha value is -3.58. The van der Waals surface area contributed by atoms with Gasteiger partial charge in [-0.15, -0.1) is 0 Å². The Labute approximate surface area is 226 Å². The third-order valence-electron chi connectivity index (χ3n) is 6.80. The van der Waals surface area contributed by atoms with Crippen molar-refractivity contribution in [1.29, 1.82) is 5.26 Å². The van der Waals surface area contributed by atoms with Crippen LogP contribution in [0.15, 0.2) is 64.9 Å². The number of likely N-dealkylation sites (tertiary alicyclic amines) is 1. The molecule has 0 aliphatic carbocycles. The maximum Gasteiger partial charge on any atom is 0.414 e. The number of anilines is 1. The average molecular weight is 567 g/mol. The Balaban J connectivity index is 1.83. The predicted octanol–water partition coefficient (Wildman–Crippen LogP) is 4.81. The number of benzene rings is 1. The van der Waals surface area contributed by atoms with E-state index in [0.717, 1.165) is 22.2 Å². The molecular weight excluding hydrogens is 536 g/mol. The lowest BCUT2D eigenvalue weighted by atomic mass is 9.85. The van der Waals surface area contributed by atoms with Crippen LogP contribution in [0.2, 0.25) is 0 Å². The molecule has 0 radical (unpaired) electrons. The number of nitriles is 1. The number of likely N-dealkylation sites (N-methyl/N-ethyl adjacent to an activating group) is 1. The molecule has 9 nitrogen and oxygen atoms in total. The lowest BCUT2D eigenvalue weighted by molar-refractivity contribution is 0.0530. The second-order valence-electron chi connectivity index (χ2n) is 8.93. The molecule has 1 amide bonds. The molecule has 2 aliphatic rings. The molecule has 4 rings (SSSR count). The first-order chi connectivity index (χ1) is 17.9. The molecule has 1 unspecified atom stereocenters. The molecule has 1 aromatic carbocycles. The molecule has 0 N–H and O–H groups in total. The molecule has 0 spiro atoms. The van der Waals surface area contributed by atoms with Crippen molar-refractivity contribution in [3.63, 3.8) is 0 Å². The van der Waals surface area contributed by atoms with Crippen LogP contribution in [-0.4, -0.2) is 64.8 Å². The summed E-state index contributed by atoms with van der Waals surface area (Å²) in [5.74, 6) is 1.26. The lowest BCUT2D eigenvalue weighted by Gasteiger charge is -2.52. The van der Waals surface area contributed by atoms with Gasteiger partial charge in [0.2, 0.25) is 5.95 Å². The van der Waals surface area contributed by atoms with Gasteiger partial charge < -0.3 is 19.3 Å². The molecule has 0 bridgehead atoms. The molecule has 37 heavy (non-hydrogen) atoms. The first-order valence-electron chi connectivity index (χ1n) is 12.3. The summed E-state index contributed by atoms with van der Waals surface area (Å²) in [6, 6.07) is 9.36. The van der Waals surface area contributed by atoms with Crippen LogP contribution in [0.5, 0.6) is 0 Å². The Bertz CT molecular complexity index is 1230. The number of hydrogen-bond donors (Lipinski definition) is 0. The zero-order valence-corrected chi connectivity index (χ0v) is 23.1. The summed E-state index contributed by atoms with van der Waals surface area (Å²) in [5.41, 5.74) is 2.41. The average Bonchev–Trinajstić information content (AvgIpc) is 2.91. The topological polar surface area (TPSA) is 94.8 Å². The summed E-state index contributed by atoms with van der Waals surface area (Å²) >= 11 is 3.44. The van der Waals surface area contributed by atoms with Crippen molar-refractivity contribution in [3.8, 4) is 6.07 Å². The van der Waals surface area contributed by atoms with E-state index in [9.17, 15) is 10.1 Å². The maximum atomic E-state index is 13.1. The van der Waals surface area contributed by atoms with Crippen molar-refractivity contribution in [2.45, 2.75) is 51.4 Å². The van der Waals surface area contributed by atoms with Gasteiger partial charge >= 0.3 is 6.09 Å². The molecular formula is C27H31BrN6O3. The van der Waals surface area contributed by atoms with Gasteiger partial charge in [-0.3, -0.25) is 4.90 Å². The minimum atomic E-state index is -0.347. The van der Waals surface area contributed by atoms with E-state index in [1.54, 1.807) is 30.5 Å². The molecule has 0 saturated carbocycles.